The lowest BCUT2D eigenvalue weighted by molar-refractivity contribution is -0.136. The fourth-order valence-electron chi connectivity index (χ4n) is 5.61. The maximum atomic E-state index is 13.0. The third-order valence-electron chi connectivity index (χ3n) is 7.53. The summed E-state index contributed by atoms with van der Waals surface area (Å²) in [5.41, 5.74) is 3.25. The quantitative estimate of drug-likeness (QED) is 0.630. The van der Waals surface area contributed by atoms with Gasteiger partial charge in [0, 0.05) is 31.1 Å². The normalized spacial score (nSPS) is 23.9. The number of piperidine rings is 1. The van der Waals surface area contributed by atoms with Crippen LogP contribution in [0.3, 0.4) is 0 Å². The first kappa shape index (κ1) is 24.0. The Balaban J connectivity index is 1.27. The molecule has 2 aromatic carbocycles. The fraction of sp³-hybridized carbons (Fsp3) is 0.429. The number of nitriles is 1. The molecule has 1 saturated heterocycles. The zero-order chi connectivity index (χ0) is 25.2. The number of carbonyl (C=O) groups excluding carboxylic acids is 3. The van der Waals surface area contributed by atoms with Crippen LogP contribution in [0.4, 0.5) is 0 Å². The van der Waals surface area contributed by atoms with E-state index in [4.69, 9.17) is 10.00 Å². The molecule has 0 aromatic heterocycles. The minimum atomic E-state index is -0.620. The van der Waals surface area contributed by atoms with Gasteiger partial charge in [-0.3, -0.25) is 24.6 Å². The summed E-state index contributed by atoms with van der Waals surface area (Å²) in [4.78, 5) is 40.7. The second kappa shape index (κ2) is 10.1. The molecule has 36 heavy (non-hydrogen) atoms. The molecule has 3 aliphatic rings. The Bertz CT molecular complexity index is 1220. The molecule has 1 N–H and O–H groups in total. The molecule has 186 valence electrons. The highest BCUT2D eigenvalue weighted by Gasteiger charge is 2.39. The van der Waals surface area contributed by atoms with E-state index in [2.05, 4.69) is 23.3 Å². The molecule has 2 heterocycles. The predicted molar refractivity (Wildman–Crippen MR) is 132 cm³/mol. The molecular weight excluding hydrogens is 456 g/mol. The SMILES string of the molecule is CN(Cc1ccc(C#N)cc1)[C@H]1CCCC[C@@H]1Oc1ccc2c(c1)CN(C1CCC(=O)NC1=O)C2=O. The minimum absolute atomic E-state index is 0.0310. The van der Waals surface area contributed by atoms with E-state index in [1.54, 1.807) is 11.0 Å². The van der Waals surface area contributed by atoms with Gasteiger partial charge in [-0.1, -0.05) is 18.6 Å². The van der Waals surface area contributed by atoms with Gasteiger partial charge in [-0.05, 0) is 74.2 Å². The summed E-state index contributed by atoms with van der Waals surface area (Å²) in [6.07, 6.45) is 4.89. The molecule has 8 heteroatoms. The average Bonchev–Trinajstić information content (AvgIpc) is 3.20. The highest BCUT2D eigenvalue weighted by Crippen LogP contribution is 2.33. The van der Waals surface area contributed by atoms with E-state index in [-0.39, 0.29) is 30.4 Å². The molecule has 3 atom stereocenters. The van der Waals surface area contributed by atoms with Crippen molar-refractivity contribution < 1.29 is 19.1 Å². The number of nitrogens with zero attached hydrogens (tertiary/aromatic N) is 3. The van der Waals surface area contributed by atoms with E-state index >= 15 is 0 Å². The average molecular weight is 487 g/mol. The smallest absolute Gasteiger partial charge is 0.255 e. The molecule has 3 amide bonds. The molecule has 1 aliphatic carbocycles. The lowest BCUT2D eigenvalue weighted by Crippen LogP contribution is -2.52. The molecule has 1 unspecified atom stereocenters. The zero-order valence-electron chi connectivity index (χ0n) is 20.4. The second-order valence-corrected chi connectivity index (χ2v) is 9.95. The van der Waals surface area contributed by atoms with Crippen LogP contribution in [0.25, 0.3) is 0 Å². The van der Waals surface area contributed by atoms with Gasteiger partial charge >= 0.3 is 0 Å². The van der Waals surface area contributed by atoms with Crippen molar-refractivity contribution in [2.75, 3.05) is 7.05 Å². The Morgan fingerprint density at radius 2 is 1.86 bits per heavy atom. The van der Waals surface area contributed by atoms with E-state index in [0.29, 0.717) is 24.1 Å². The number of rotatable bonds is 6. The van der Waals surface area contributed by atoms with E-state index < -0.39 is 11.9 Å². The maximum Gasteiger partial charge on any atom is 0.255 e. The summed E-state index contributed by atoms with van der Waals surface area (Å²) < 4.78 is 6.50. The van der Waals surface area contributed by atoms with Gasteiger partial charge < -0.3 is 9.64 Å². The molecule has 2 aromatic rings. The molecule has 0 bridgehead atoms. The third-order valence-corrected chi connectivity index (χ3v) is 7.53. The van der Waals surface area contributed by atoms with Crippen LogP contribution in [0.2, 0.25) is 0 Å². The number of nitrogens with one attached hydrogen (secondary N) is 1. The summed E-state index contributed by atoms with van der Waals surface area (Å²) in [6, 6.07) is 15.0. The van der Waals surface area contributed by atoms with Gasteiger partial charge in [-0.25, -0.2) is 0 Å². The largest absolute Gasteiger partial charge is 0.489 e. The molecule has 5 rings (SSSR count). The molecule has 2 aliphatic heterocycles. The van der Waals surface area contributed by atoms with Crippen LogP contribution >= 0.6 is 0 Å². The summed E-state index contributed by atoms with van der Waals surface area (Å²) in [5, 5.41) is 11.4. The maximum absolute atomic E-state index is 13.0. The van der Waals surface area contributed by atoms with Crippen molar-refractivity contribution in [3.05, 3.63) is 64.7 Å². The highest BCUT2D eigenvalue weighted by atomic mass is 16.5. The Morgan fingerprint density at radius 3 is 2.61 bits per heavy atom. The van der Waals surface area contributed by atoms with Gasteiger partial charge in [0.05, 0.1) is 11.6 Å². The lowest BCUT2D eigenvalue weighted by atomic mass is 9.91. The van der Waals surface area contributed by atoms with Crippen LogP contribution < -0.4 is 10.1 Å². The van der Waals surface area contributed by atoms with Gasteiger partial charge in [-0.2, -0.15) is 5.26 Å². The van der Waals surface area contributed by atoms with Crippen molar-refractivity contribution in [1.29, 1.82) is 5.26 Å². The van der Waals surface area contributed by atoms with Gasteiger partial charge in [0.1, 0.15) is 17.9 Å². The Labute approximate surface area is 210 Å². The second-order valence-electron chi connectivity index (χ2n) is 9.95. The van der Waals surface area contributed by atoms with Crippen LogP contribution in [0.1, 0.15) is 65.6 Å². The van der Waals surface area contributed by atoms with E-state index in [9.17, 15) is 14.4 Å². The van der Waals surface area contributed by atoms with E-state index in [0.717, 1.165) is 49.1 Å². The van der Waals surface area contributed by atoms with Gasteiger partial charge in [0.25, 0.3) is 5.91 Å². The Kier molecular flexibility index (Phi) is 6.75. The molecular formula is C28H30N4O4. The highest BCUT2D eigenvalue weighted by molar-refractivity contribution is 6.05. The zero-order valence-corrected chi connectivity index (χ0v) is 20.4. The molecule has 8 nitrogen and oxygen atoms in total. The van der Waals surface area contributed by atoms with Crippen LogP contribution in [0.15, 0.2) is 42.5 Å². The lowest BCUT2D eigenvalue weighted by Gasteiger charge is -2.38. The predicted octanol–water partition coefficient (Wildman–Crippen LogP) is 3.14. The first-order valence-electron chi connectivity index (χ1n) is 12.6. The minimum Gasteiger partial charge on any atom is -0.489 e. The van der Waals surface area contributed by atoms with Gasteiger partial charge in [0.2, 0.25) is 11.8 Å². The molecule has 1 saturated carbocycles. The molecule has 0 spiro atoms. The number of imide groups is 1. The monoisotopic (exact) mass is 486 g/mol. The van der Waals surface area contributed by atoms with Crippen LogP contribution in [0.5, 0.6) is 5.75 Å². The number of likely N-dealkylation sites (N-methyl/N-ethyl adjacent to an activating group) is 1. The first-order chi connectivity index (χ1) is 17.4. The number of hydrogen-bond donors (Lipinski definition) is 1. The van der Waals surface area contributed by atoms with Crippen LogP contribution in [-0.2, 0) is 22.7 Å². The van der Waals surface area contributed by atoms with Crippen molar-refractivity contribution in [3.63, 3.8) is 0 Å². The summed E-state index contributed by atoms with van der Waals surface area (Å²) >= 11 is 0. The number of hydrogen-bond acceptors (Lipinski definition) is 6. The molecule has 0 radical (unpaired) electrons. The summed E-state index contributed by atoms with van der Waals surface area (Å²) in [5.74, 6) is -0.138. The summed E-state index contributed by atoms with van der Waals surface area (Å²) in [7, 11) is 2.11. The topological polar surface area (TPSA) is 103 Å². The van der Waals surface area contributed by atoms with E-state index in [1.165, 1.54) is 0 Å². The van der Waals surface area contributed by atoms with Crippen molar-refractivity contribution in [3.8, 4) is 11.8 Å². The Morgan fingerprint density at radius 1 is 1.08 bits per heavy atom. The standard InChI is InChI=1S/C28H30N4O4/c1-31(16-19-8-6-18(15-29)7-9-19)23-4-2-3-5-25(23)36-21-10-11-22-20(14-21)17-32(28(22)35)24-12-13-26(33)30-27(24)34/h6-11,14,23-25H,2-5,12-13,16-17H2,1H3,(H,30,33,34)/t23-,24?,25-/m0/s1. The van der Waals surface area contributed by atoms with Crippen molar-refractivity contribution in [2.45, 2.75) is 69.8 Å². The van der Waals surface area contributed by atoms with Gasteiger partial charge in [-0.15, -0.1) is 0 Å². The third kappa shape index (κ3) is 4.84. The number of fused-ring (bicyclic) bond motifs is 1. The molecule has 2 fully saturated rings. The Hall–Kier alpha value is -3.70. The number of amides is 3. The number of benzene rings is 2. The van der Waals surface area contributed by atoms with Gasteiger partial charge in [0.15, 0.2) is 0 Å². The van der Waals surface area contributed by atoms with Crippen LogP contribution in [0, 0.1) is 11.3 Å². The fourth-order valence-corrected chi connectivity index (χ4v) is 5.61. The number of ether oxygens (including phenoxy) is 1. The van der Waals surface area contributed by atoms with Crippen molar-refractivity contribution >= 4 is 17.7 Å². The van der Waals surface area contributed by atoms with Crippen LogP contribution in [-0.4, -0.2) is 52.8 Å². The summed E-state index contributed by atoms with van der Waals surface area (Å²) in [6.45, 7) is 1.11. The van der Waals surface area contributed by atoms with E-state index in [1.807, 2.05) is 36.4 Å². The first-order valence-corrected chi connectivity index (χ1v) is 12.6. The number of carbonyl (C=O) groups is 3. The van der Waals surface area contributed by atoms with Crippen molar-refractivity contribution in [2.24, 2.45) is 0 Å². The van der Waals surface area contributed by atoms with Crippen molar-refractivity contribution in [1.82, 2.24) is 15.1 Å².